The normalized spacial score (nSPS) is 16.1. The van der Waals surface area contributed by atoms with Crippen molar-refractivity contribution in [2.45, 2.75) is 6.92 Å². The monoisotopic (exact) mass is 340 g/mol. The van der Waals surface area contributed by atoms with Gasteiger partial charge in [0.05, 0.1) is 13.2 Å². The average molecular weight is 341 g/mol. The zero-order chi connectivity index (χ0) is 14.5. The molecule has 1 amide bonds. The molecule has 1 aromatic carbocycles. The molecule has 4 nitrogen and oxygen atoms in total. The van der Waals surface area contributed by atoms with Gasteiger partial charge in [-0.1, -0.05) is 15.9 Å². The Balaban J connectivity index is 1.89. The maximum atomic E-state index is 12.3. The Morgan fingerprint density at radius 2 is 2.10 bits per heavy atom. The van der Waals surface area contributed by atoms with E-state index in [2.05, 4.69) is 20.8 Å². The summed E-state index contributed by atoms with van der Waals surface area (Å²) in [7, 11) is 1.86. The molecule has 2 rings (SSSR count). The largest absolute Gasteiger partial charge is 0.379 e. The molecule has 5 heteroatoms. The summed E-state index contributed by atoms with van der Waals surface area (Å²) in [5.41, 5.74) is 1.83. The highest BCUT2D eigenvalue weighted by Crippen LogP contribution is 2.17. The predicted octanol–water partition coefficient (Wildman–Crippen LogP) is 2.16. The Morgan fingerprint density at radius 3 is 2.75 bits per heavy atom. The molecule has 0 bridgehead atoms. The van der Waals surface area contributed by atoms with E-state index in [1.807, 2.05) is 32.2 Å². The second kappa shape index (κ2) is 7.20. The number of hydrogen-bond acceptors (Lipinski definition) is 3. The van der Waals surface area contributed by atoms with Gasteiger partial charge in [0.2, 0.25) is 0 Å². The first-order chi connectivity index (χ1) is 9.58. The van der Waals surface area contributed by atoms with Crippen LogP contribution in [-0.4, -0.2) is 62.1 Å². The summed E-state index contributed by atoms with van der Waals surface area (Å²) in [5, 5.41) is 0. The minimum Gasteiger partial charge on any atom is -0.379 e. The first-order valence-corrected chi connectivity index (χ1v) is 7.69. The molecule has 1 aromatic rings. The molecule has 1 heterocycles. The standard InChI is InChI=1S/C15H21BrN2O2/c1-12-11-13(3-4-14(12)16)15(19)17(2)5-6-18-7-9-20-10-8-18/h3-4,11H,5-10H2,1-2H3. The van der Waals surface area contributed by atoms with E-state index in [0.717, 1.165) is 55.0 Å². The number of hydrogen-bond donors (Lipinski definition) is 0. The Hall–Kier alpha value is -0.910. The van der Waals surface area contributed by atoms with Crippen molar-refractivity contribution in [3.63, 3.8) is 0 Å². The van der Waals surface area contributed by atoms with E-state index in [-0.39, 0.29) is 5.91 Å². The van der Waals surface area contributed by atoms with Gasteiger partial charge in [0.15, 0.2) is 0 Å². The number of halogens is 1. The second-order valence-electron chi connectivity index (χ2n) is 5.14. The van der Waals surface area contributed by atoms with E-state index in [1.165, 1.54) is 0 Å². The van der Waals surface area contributed by atoms with Crippen molar-refractivity contribution in [1.82, 2.24) is 9.80 Å². The fraction of sp³-hybridized carbons (Fsp3) is 0.533. The smallest absolute Gasteiger partial charge is 0.253 e. The molecule has 0 atom stereocenters. The Bertz CT molecular complexity index is 473. The molecule has 1 saturated heterocycles. The van der Waals surface area contributed by atoms with Gasteiger partial charge in [-0.05, 0) is 30.7 Å². The molecular formula is C15H21BrN2O2. The van der Waals surface area contributed by atoms with Gasteiger partial charge in [0.25, 0.3) is 5.91 Å². The maximum absolute atomic E-state index is 12.3. The highest BCUT2D eigenvalue weighted by Gasteiger charge is 2.15. The SMILES string of the molecule is Cc1cc(C(=O)N(C)CCN2CCOCC2)ccc1Br. The van der Waals surface area contributed by atoms with Gasteiger partial charge in [-0.3, -0.25) is 9.69 Å². The molecule has 110 valence electrons. The van der Waals surface area contributed by atoms with E-state index in [1.54, 1.807) is 4.90 Å². The number of ether oxygens (including phenoxy) is 1. The van der Waals surface area contributed by atoms with Crippen LogP contribution >= 0.6 is 15.9 Å². The van der Waals surface area contributed by atoms with Crippen LogP contribution in [0.2, 0.25) is 0 Å². The molecule has 0 unspecified atom stereocenters. The summed E-state index contributed by atoms with van der Waals surface area (Å²) in [6, 6.07) is 5.72. The van der Waals surface area contributed by atoms with E-state index in [0.29, 0.717) is 0 Å². The average Bonchev–Trinajstić information content (AvgIpc) is 2.48. The van der Waals surface area contributed by atoms with Gasteiger partial charge < -0.3 is 9.64 Å². The molecule has 0 N–H and O–H groups in total. The van der Waals surface area contributed by atoms with Crippen LogP contribution in [-0.2, 0) is 4.74 Å². The zero-order valence-electron chi connectivity index (χ0n) is 12.1. The lowest BCUT2D eigenvalue weighted by Gasteiger charge is -2.28. The minimum atomic E-state index is 0.0776. The first-order valence-electron chi connectivity index (χ1n) is 6.89. The molecule has 0 aromatic heterocycles. The van der Waals surface area contributed by atoms with Crippen molar-refractivity contribution in [2.75, 3.05) is 46.4 Å². The van der Waals surface area contributed by atoms with Gasteiger partial charge in [-0.25, -0.2) is 0 Å². The van der Waals surface area contributed by atoms with Gasteiger partial charge in [-0.2, -0.15) is 0 Å². The van der Waals surface area contributed by atoms with Gasteiger partial charge in [0, 0.05) is 43.3 Å². The van der Waals surface area contributed by atoms with Gasteiger partial charge in [0.1, 0.15) is 0 Å². The van der Waals surface area contributed by atoms with Gasteiger partial charge >= 0.3 is 0 Å². The number of likely N-dealkylation sites (N-methyl/N-ethyl adjacent to an activating group) is 1. The summed E-state index contributed by atoms with van der Waals surface area (Å²) in [6.45, 7) is 7.15. The third-order valence-electron chi connectivity index (χ3n) is 3.61. The van der Waals surface area contributed by atoms with E-state index < -0.39 is 0 Å². The van der Waals surface area contributed by atoms with Crippen molar-refractivity contribution < 1.29 is 9.53 Å². The van der Waals surface area contributed by atoms with Crippen LogP contribution in [0.4, 0.5) is 0 Å². The fourth-order valence-corrected chi connectivity index (χ4v) is 2.46. The molecule has 1 fully saturated rings. The number of benzene rings is 1. The van der Waals surface area contributed by atoms with Crippen LogP contribution < -0.4 is 0 Å². The Kier molecular flexibility index (Phi) is 5.57. The van der Waals surface area contributed by atoms with Crippen molar-refractivity contribution in [3.8, 4) is 0 Å². The Labute approximate surface area is 128 Å². The van der Waals surface area contributed by atoms with Crippen LogP contribution in [0, 0.1) is 6.92 Å². The minimum absolute atomic E-state index is 0.0776. The van der Waals surface area contributed by atoms with Gasteiger partial charge in [-0.15, -0.1) is 0 Å². The summed E-state index contributed by atoms with van der Waals surface area (Å²) in [6.07, 6.45) is 0. The lowest BCUT2D eigenvalue weighted by molar-refractivity contribution is 0.0338. The number of amides is 1. The third kappa shape index (κ3) is 4.04. The highest BCUT2D eigenvalue weighted by atomic mass is 79.9. The molecule has 20 heavy (non-hydrogen) atoms. The van der Waals surface area contributed by atoms with Crippen LogP contribution in [0.15, 0.2) is 22.7 Å². The number of carbonyl (C=O) groups excluding carboxylic acids is 1. The lowest BCUT2D eigenvalue weighted by Crippen LogP contribution is -2.41. The predicted molar refractivity (Wildman–Crippen MR) is 83.1 cm³/mol. The van der Waals surface area contributed by atoms with Crippen LogP contribution in [0.1, 0.15) is 15.9 Å². The maximum Gasteiger partial charge on any atom is 0.253 e. The molecular weight excluding hydrogens is 320 g/mol. The summed E-state index contributed by atoms with van der Waals surface area (Å²) < 4.78 is 6.35. The Morgan fingerprint density at radius 1 is 1.40 bits per heavy atom. The van der Waals surface area contributed by atoms with E-state index in [4.69, 9.17) is 4.74 Å². The number of morpholine rings is 1. The molecule has 1 aliphatic rings. The van der Waals surface area contributed by atoms with Crippen LogP contribution in [0.3, 0.4) is 0 Å². The molecule has 0 saturated carbocycles. The quantitative estimate of drug-likeness (QED) is 0.841. The van der Waals surface area contributed by atoms with Crippen LogP contribution in [0.5, 0.6) is 0 Å². The van der Waals surface area contributed by atoms with Crippen molar-refractivity contribution in [1.29, 1.82) is 0 Å². The summed E-state index contributed by atoms with van der Waals surface area (Å²) >= 11 is 3.45. The number of rotatable bonds is 4. The van der Waals surface area contributed by atoms with Crippen LogP contribution in [0.25, 0.3) is 0 Å². The zero-order valence-corrected chi connectivity index (χ0v) is 13.6. The molecule has 0 radical (unpaired) electrons. The third-order valence-corrected chi connectivity index (χ3v) is 4.50. The summed E-state index contributed by atoms with van der Waals surface area (Å²) in [5.74, 6) is 0.0776. The lowest BCUT2D eigenvalue weighted by atomic mass is 10.1. The number of carbonyl (C=O) groups is 1. The molecule has 1 aliphatic heterocycles. The van der Waals surface area contributed by atoms with Crippen molar-refractivity contribution >= 4 is 21.8 Å². The molecule has 0 aliphatic carbocycles. The number of aryl methyl sites for hydroxylation is 1. The van der Waals surface area contributed by atoms with Crippen molar-refractivity contribution in [2.24, 2.45) is 0 Å². The first kappa shape index (κ1) is 15.5. The fourth-order valence-electron chi connectivity index (χ4n) is 2.22. The highest BCUT2D eigenvalue weighted by molar-refractivity contribution is 9.10. The summed E-state index contributed by atoms with van der Waals surface area (Å²) in [4.78, 5) is 16.5. The van der Waals surface area contributed by atoms with Crippen molar-refractivity contribution in [3.05, 3.63) is 33.8 Å². The van der Waals surface area contributed by atoms with E-state index >= 15 is 0 Å². The number of nitrogens with zero attached hydrogens (tertiary/aromatic N) is 2. The molecule has 0 spiro atoms. The second-order valence-corrected chi connectivity index (χ2v) is 6.00. The van der Waals surface area contributed by atoms with E-state index in [9.17, 15) is 4.79 Å². The topological polar surface area (TPSA) is 32.8 Å².